The van der Waals surface area contributed by atoms with E-state index in [1.807, 2.05) is 6.07 Å². The fraction of sp³-hybridized carbons (Fsp3) is 0. The van der Waals surface area contributed by atoms with Crippen LogP contribution in [-0.2, 0) is 0 Å². The number of hydrogen-bond acceptors (Lipinski definition) is 4. The molecule has 0 fully saturated rings. The predicted molar refractivity (Wildman–Crippen MR) is 63.9 cm³/mol. The number of aromatic hydroxyl groups is 1. The lowest BCUT2D eigenvalue weighted by Gasteiger charge is -2.06. The van der Waals surface area contributed by atoms with Gasteiger partial charge in [-0.05, 0) is 30.3 Å². The molecule has 0 saturated carbocycles. The average molecular weight is 229 g/mol. The van der Waals surface area contributed by atoms with Gasteiger partial charge >= 0.3 is 5.97 Å². The van der Waals surface area contributed by atoms with Crippen molar-refractivity contribution in [2.24, 2.45) is 0 Å². The number of anilines is 1. The van der Waals surface area contributed by atoms with Crippen molar-refractivity contribution >= 4 is 11.7 Å². The Kier molecular flexibility index (Phi) is 2.96. The third-order valence-electron chi connectivity index (χ3n) is 2.19. The smallest absolute Gasteiger partial charge is 0.347 e. The molecule has 0 radical (unpaired) electrons. The maximum absolute atomic E-state index is 11.7. The fourth-order valence-corrected chi connectivity index (χ4v) is 1.37. The van der Waals surface area contributed by atoms with Crippen LogP contribution in [0.25, 0.3) is 0 Å². The highest BCUT2D eigenvalue weighted by atomic mass is 16.5. The largest absolute Gasteiger partial charge is 0.507 e. The second-order valence-corrected chi connectivity index (χ2v) is 3.48. The van der Waals surface area contributed by atoms with Crippen LogP contribution in [0, 0.1) is 0 Å². The van der Waals surface area contributed by atoms with Gasteiger partial charge in [0.15, 0.2) is 0 Å². The van der Waals surface area contributed by atoms with E-state index in [0.29, 0.717) is 11.4 Å². The van der Waals surface area contributed by atoms with Gasteiger partial charge in [-0.25, -0.2) is 4.79 Å². The molecule has 17 heavy (non-hydrogen) atoms. The first-order chi connectivity index (χ1) is 8.16. The number of benzene rings is 2. The van der Waals surface area contributed by atoms with E-state index in [1.54, 1.807) is 24.3 Å². The molecular formula is C13H11NO3. The minimum atomic E-state index is -0.638. The minimum absolute atomic E-state index is 0.0499. The summed E-state index contributed by atoms with van der Waals surface area (Å²) in [7, 11) is 0. The fourth-order valence-electron chi connectivity index (χ4n) is 1.37. The van der Waals surface area contributed by atoms with Crippen LogP contribution >= 0.6 is 0 Å². The number of rotatable bonds is 2. The maximum atomic E-state index is 11.7. The zero-order valence-corrected chi connectivity index (χ0v) is 8.96. The first-order valence-corrected chi connectivity index (χ1v) is 5.02. The number of hydrogen-bond donors (Lipinski definition) is 2. The molecule has 3 N–H and O–H groups in total. The number of phenols is 1. The van der Waals surface area contributed by atoms with Gasteiger partial charge in [0, 0.05) is 5.69 Å². The van der Waals surface area contributed by atoms with Gasteiger partial charge in [-0.1, -0.05) is 18.2 Å². The van der Waals surface area contributed by atoms with Gasteiger partial charge in [0.05, 0.1) is 0 Å². The highest BCUT2D eigenvalue weighted by Gasteiger charge is 2.13. The third-order valence-corrected chi connectivity index (χ3v) is 2.19. The Bertz CT molecular complexity index is 538. The van der Waals surface area contributed by atoms with E-state index >= 15 is 0 Å². The van der Waals surface area contributed by atoms with Gasteiger partial charge in [-0.3, -0.25) is 0 Å². The molecule has 0 amide bonds. The summed E-state index contributed by atoms with van der Waals surface area (Å²) in [6, 6.07) is 12.9. The van der Waals surface area contributed by atoms with Crippen molar-refractivity contribution in [1.29, 1.82) is 0 Å². The lowest BCUT2D eigenvalue weighted by atomic mass is 10.2. The number of para-hydroxylation sites is 1. The molecular weight excluding hydrogens is 218 g/mol. The van der Waals surface area contributed by atoms with E-state index in [2.05, 4.69) is 0 Å². The monoisotopic (exact) mass is 229 g/mol. The zero-order valence-electron chi connectivity index (χ0n) is 8.96. The van der Waals surface area contributed by atoms with Crippen LogP contribution in [0.4, 0.5) is 5.69 Å². The standard InChI is InChI=1S/C13H11NO3/c14-9-6-7-12(15)11(8-9)13(16)17-10-4-2-1-3-5-10/h1-8,15H,14H2. The second kappa shape index (κ2) is 4.57. The number of carbonyl (C=O) groups excluding carboxylic acids is 1. The Balaban J connectivity index is 2.23. The van der Waals surface area contributed by atoms with E-state index in [0.717, 1.165) is 0 Å². The number of phenolic OH excluding ortho intramolecular Hbond substituents is 1. The van der Waals surface area contributed by atoms with Gasteiger partial charge in [0.25, 0.3) is 0 Å². The molecule has 86 valence electrons. The van der Waals surface area contributed by atoms with E-state index < -0.39 is 5.97 Å². The van der Waals surface area contributed by atoms with E-state index in [1.165, 1.54) is 18.2 Å². The molecule has 0 spiro atoms. The molecule has 0 aromatic heterocycles. The van der Waals surface area contributed by atoms with Crippen molar-refractivity contribution in [3.8, 4) is 11.5 Å². The van der Waals surface area contributed by atoms with Gasteiger partial charge in [-0.2, -0.15) is 0 Å². The molecule has 0 aliphatic rings. The lowest BCUT2D eigenvalue weighted by molar-refractivity contribution is 0.0732. The highest BCUT2D eigenvalue weighted by molar-refractivity contribution is 5.94. The van der Waals surface area contributed by atoms with Crippen LogP contribution in [0.1, 0.15) is 10.4 Å². The molecule has 4 nitrogen and oxygen atoms in total. The Morgan fingerprint density at radius 2 is 1.82 bits per heavy atom. The molecule has 4 heteroatoms. The van der Waals surface area contributed by atoms with Crippen molar-refractivity contribution < 1.29 is 14.6 Å². The number of ether oxygens (including phenoxy) is 1. The van der Waals surface area contributed by atoms with E-state index in [9.17, 15) is 9.90 Å². The predicted octanol–water partition coefficient (Wildman–Crippen LogP) is 2.19. The first kappa shape index (κ1) is 11.0. The van der Waals surface area contributed by atoms with Gasteiger partial charge in [0.2, 0.25) is 0 Å². The van der Waals surface area contributed by atoms with Crippen LogP contribution in [0.15, 0.2) is 48.5 Å². The minimum Gasteiger partial charge on any atom is -0.507 e. The number of nitrogen functional groups attached to an aromatic ring is 1. The average Bonchev–Trinajstić information content (AvgIpc) is 2.33. The Labute approximate surface area is 98.3 Å². The van der Waals surface area contributed by atoms with Crippen LogP contribution in [0.3, 0.4) is 0 Å². The van der Waals surface area contributed by atoms with Gasteiger partial charge in [0.1, 0.15) is 17.1 Å². The van der Waals surface area contributed by atoms with Crippen LogP contribution in [-0.4, -0.2) is 11.1 Å². The summed E-state index contributed by atoms with van der Waals surface area (Å²) in [4.78, 5) is 11.7. The van der Waals surface area contributed by atoms with Crippen molar-refractivity contribution in [2.75, 3.05) is 5.73 Å². The van der Waals surface area contributed by atoms with E-state index in [-0.39, 0.29) is 11.3 Å². The quantitative estimate of drug-likeness (QED) is 0.358. The third kappa shape index (κ3) is 2.55. The summed E-state index contributed by atoms with van der Waals surface area (Å²) < 4.78 is 5.08. The second-order valence-electron chi connectivity index (χ2n) is 3.48. The Morgan fingerprint density at radius 1 is 1.12 bits per heavy atom. The SMILES string of the molecule is Nc1ccc(O)c(C(=O)Oc2ccccc2)c1. The summed E-state index contributed by atoms with van der Waals surface area (Å²) >= 11 is 0. The molecule has 0 heterocycles. The molecule has 0 saturated heterocycles. The van der Waals surface area contributed by atoms with Crippen molar-refractivity contribution in [3.63, 3.8) is 0 Å². The normalized spacial score (nSPS) is 9.88. The number of carbonyl (C=O) groups is 1. The molecule has 0 aliphatic heterocycles. The van der Waals surface area contributed by atoms with Crippen LogP contribution < -0.4 is 10.5 Å². The van der Waals surface area contributed by atoms with Crippen molar-refractivity contribution in [3.05, 3.63) is 54.1 Å². The summed E-state index contributed by atoms with van der Waals surface area (Å²) in [5.74, 6) is -0.375. The molecule has 2 rings (SSSR count). The summed E-state index contributed by atoms with van der Waals surface area (Å²) in [6.45, 7) is 0. The van der Waals surface area contributed by atoms with E-state index in [4.69, 9.17) is 10.5 Å². The first-order valence-electron chi connectivity index (χ1n) is 5.02. The van der Waals surface area contributed by atoms with Crippen molar-refractivity contribution in [1.82, 2.24) is 0 Å². The van der Waals surface area contributed by atoms with Gasteiger partial charge in [-0.15, -0.1) is 0 Å². The Morgan fingerprint density at radius 3 is 2.53 bits per heavy atom. The Hall–Kier alpha value is -2.49. The lowest BCUT2D eigenvalue weighted by Crippen LogP contribution is -2.09. The molecule has 0 aliphatic carbocycles. The maximum Gasteiger partial charge on any atom is 0.347 e. The zero-order chi connectivity index (χ0) is 12.3. The number of nitrogens with two attached hydrogens (primary N) is 1. The molecule has 0 unspecified atom stereocenters. The van der Waals surface area contributed by atoms with Crippen molar-refractivity contribution in [2.45, 2.75) is 0 Å². The van der Waals surface area contributed by atoms with Gasteiger partial charge < -0.3 is 15.6 Å². The molecule has 0 atom stereocenters. The highest BCUT2D eigenvalue weighted by Crippen LogP contribution is 2.21. The summed E-state index contributed by atoms with van der Waals surface area (Å²) in [5.41, 5.74) is 5.98. The molecule has 0 bridgehead atoms. The molecule has 2 aromatic rings. The summed E-state index contributed by atoms with van der Waals surface area (Å²) in [6.07, 6.45) is 0. The number of esters is 1. The van der Waals surface area contributed by atoms with Crippen LogP contribution in [0.2, 0.25) is 0 Å². The van der Waals surface area contributed by atoms with Crippen LogP contribution in [0.5, 0.6) is 11.5 Å². The topological polar surface area (TPSA) is 72.5 Å². The summed E-state index contributed by atoms with van der Waals surface area (Å²) in [5, 5.41) is 9.53. The molecule has 2 aromatic carbocycles.